The van der Waals surface area contributed by atoms with E-state index in [0.717, 1.165) is 0 Å². The molecule has 22 heavy (non-hydrogen) atoms. The van der Waals surface area contributed by atoms with Gasteiger partial charge in [0.15, 0.2) is 0 Å². The molecule has 122 valence electrons. The first kappa shape index (κ1) is 18.0. The van der Waals surface area contributed by atoms with Crippen molar-refractivity contribution in [2.75, 3.05) is 19.6 Å². The second-order valence-corrected chi connectivity index (χ2v) is 6.52. The topological polar surface area (TPSA) is 84.6 Å². The molecular weight excluding hydrogens is 282 g/mol. The molecule has 6 heteroatoms. The van der Waals surface area contributed by atoms with Crippen LogP contribution in [0.4, 0.5) is 0 Å². The molecule has 0 radical (unpaired) electrons. The number of hydrogen-bond donors (Lipinski definition) is 1. The Bertz CT molecular complexity index is 492. The van der Waals surface area contributed by atoms with Crippen LogP contribution >= 0.6 is 0 Å². The minimum absolute atomic E-state index is 0.102. The van der Waals surface area contributed by atoms with Crippen molar-refractivity contribution in [1.29, 1.82) is 5.26 Å². The molecule has 1 N–H and O–H groups in total. The van der Waals surface area contributed by atoms with E-state index in [2.05, 4.69) is 0 Å². The number of hydrogen-bond acceptors (Lipinski definition) is 4. The maximum absolute atomic E-state index is 12.4. The molecule has 0 aromatic heterocycles. The van der Waals surface area contributed by atoms with Crippen molar-refractivity contribution >= 4 is 11.9 Å². The molecule has 0 aromatic rings. The molecule has 1 rings (SSSR count). The van der Waals surface area contributed by atoms with Gasteiger partial charge in [0.2, 0.25) is 0 Å². The highest BCUT2D eigenvalue weighted by Crippen LogP contribution is 2.20. The van der Waals surface area contributed by atoms with Gasteiger partial charge in [-0.2, -0.15) is 5.26 Å². The fraction of sp³-hybridized carbons (Fsp3) is 0.688. The highest BCUT2D eigenvalue weighted by Gasteiger charge is 2.29. The maximum Gasteiger partial charge on any atom is 0.306 e. The third-order valence-electron chi connectivity index (χ3n) is 3.97. The van der Waals surface area contributed by atoms with Gasteiger partial charge in [0.1, 0.15) is 11.6 Å². The third-order valence-corrected chi connectivity index (χ3v) is 3.97. The largest absolute Gasteiger partial charge is 0.481 e. The van der Waals surface area contributed by atoms with Gasteiger partial charge in [-0.1, -0.05) is 0 Å². The quantitative estimate of drug-likeness (QED) is 0.633. The van der Waals surface area contributed by atoms with Crippen LogP contribution < -0.4 is 0 Å². The zero-order valence-electron chi connectivity index (χ0n) is 13.8. The summed E-state index contributed by atoms with van der Waals surface area (Å²) in [6, 6.07) is 1.98. The van der Waals surface area contributed by atoms with Crippen LogP contribution in [0, 0.1) is 17.2 Å². The van der Waals surface area contributed by atoms with E-state index in [1.807, 2.05) is 38.7 Å². The summed E-state index contributed by atoms with van der Waals surface area (Å²) in [6.07, 6.45) is 2.50. The lowest BCUT2D eigenvalue weighted by molar-refractivity contribution is -0.145. The highest BCUT2D eigenvalue weighted by atomic mass is 16.4. The second-order valence-electron chi connectivity index (χ2n) is 6.52. The molecule has 0 bridgehead atoms. The SMILES string of the molecule is CCN(/C=C(/C#N)C(=O)N1CCC(C(=O)O)CC1)C(C)(C)C. The van der Waals surface area contributed by atoms with Crippen molar-refractivity contribution in [3.63, 3.8) is 0 Å². The van der Waals surface area contributed by atoms with Crippen molar-refractivity contribution in [3.05, 3.63) is 11.8 Å². The lowest BCUT2D eigenvalue weighted by Crippen LogP contribution is -2.42. The Morgan fingerprint density at radius 3 is 2.27 bits per heavy atom. The average Bonchev–Trinajstić information content (AvgIpc) is 2.46. The lowest BCUT2D eigenvalue weighted by atomic mass is 9.96. The number of amides is 1. The molecule has 0 aliphatic carbocycles. The van der Waals surface area contributed by atoms with Crippen LogP contribution in [0.15, 0.2) is 11.8 Å². The lowest BCUT2D eigenvalue weighted by Gasteiger charge is -2.35. The molecule has 1 aliphatic rings. The number of aliphatic carboxylic acids is 1. The zero-order valence-corrected chi connectivity index (χ0v) is 13.8. The van der Waals surface area contributed by atoms with Gasteiger partial charge in [-0.25, -0.2) is 0 Å². The Morgan fingerprint density at radius 2 is 1.91 bits per heavy atom. The van der Waals surface area contributed by atoms with Crippen molar-refractivity contribution < 1.29 is 14.7 Å². The molecule has 1 amide bonds. The highest BCUT2D eigenvalue weighted by molar-refractivity contribution is 5.97. The summed E-state index contributed by atoms with van der Waals surface area (Å²) in [5, 5.41) is 18.3. The first-order chi connectivity index (χ1) is 10.2. The van der Waals surface area contributed by atoms with E-state index >= 15 is 0 Å². The van der Waals surface area contributed by atoms with Crippen LogP contribution in [-0.4, -0.2) is 52.0 Å². The minimum atomic E-state index is -0.812. The van der Waals surface area contributed by atoms with E-state index in [0.29, 0.717) is 32.5 Å². The van der Waals surface area contributed by atoms with E-state index in [1.54, 1.807) is 11.1 Å². The maximum atomic E-state index is 12.4. The van der Waals surface area contributed by atoms with Gasteiger partial charge >= 0.3 is 5.97 Å². The molecule has 0 saturated carbocycles. The standard InChI is InChI=1S/C16H25N3O3/c1-5-19(16(2,3)4)11-13(10-17)14(20)18-8-6-12(7-9-18)15(21)22/h11-12H,5-9H2,1-4H3,(H,21,22)/b13-11-. The number of carboxylic acid groups (broad SMARTS) is 1. The van der Waals surface area contributed by atoms with Crippen LogP contribution in [0.1, 0.15) is 40.5 Å². The number of carboxylic acids is 1. The summed E-state index contributed by atoms with van der Waals surface area (Å²) < 4.78 is 0. The van der Waals surface area contributed by atoms with Gasteiger partial charge in [-0.05, 0) is 40.5 Å². The van der Waals surface area contributed by atoms with Crippen LogP contribution in [0.25, 0.3) is 0 Å². The third kappa shape index (κ3) is 4.48. The summed E-state index contributed by atoms with van der Waals surface area (Å²) in [5.74, 6) is -1.51. The first-order valence-corrected chi connectivity index (χ1v) is 7.61. The fourth-order valence-corrected chi connectivity index (χ4v) is 2.55. The fourth-order valence-electron chi connectivity index (χ4n) is 2.55. The smallest absolute Gasteiger partial charge is 0.306 e. The number of rotatable bonds is 4. The Labute approximate surface area is 132 Å². The Hall–Kier alpha value is -2.03. The summed E-state index contributed by atoms with van der Waals surface area (Å²) >= 11 is 0. The molecule has 6 nitrogen and oxygen atoms in total. The van der Waals surface area contributed by atoms with Gasteiger partial charge in [0, 0.05) is 31.4 Å². The normalized spacial score (nSPS) is 17.0. The Balaban J connectivity index is 2.82. The summed E-state index contributed by atoms with van der Waals surface area (Å²) in [5.41, 5.74) is -0.0708. The van der Waals surface area contributed by atoms with Gasteiger partial charge in [0.05, 0.1) is 5.92 Å². The predicted octanol–water partition coefficient (Wildman–Crippen LogP) is 1.84. The summed E-state index contributed by atoms with van der Waals surface area (Å²) in [4.78, 5) is 26.9. The molecule has 1 saturated heterocycles. The van der Waals surface area contributed by atoms with E-state index in [9.17, 15) is 14.9 Å². The van der Waals surface area contributed by atoms with Crippen molar-refractivity contribution in [1.82, 2.24) is 9.80 Å². The molecule has 1 aliphatic heterocycles. The molecule has 0 spiro atoms. The van der Waals surface area contributed by atoms with Crippen LogP contribution in [-0.2, 0) is 9.59 Å². The second kappa shape index (κ2) is 7.30. The van der Waals surface area contributed by atoms with Crippen LogP contribution in [0.3, 0.4) is 0 Å². The first-order valence-electron chi connectivity index (χ1n) is 7.61. The Kier molecular flexibility index (Phi) is 5.98. The van der Waals surface area contributed by atoms with Gasteiger partial charge < -0.3 is 14.9 Å². The van der Waals surface area contributed by atoms with Crippen molar-refractivity contribution in [2.45, 2.75) is 46.1 Å². The monoisotopic (exact) mass is 307 g/mol. The predicted molar refractivity (Wildman–Crippen MR) is 82.8 cm³/mol. The summed E-state index contributed by atoms with van der Waals surface area (Å²) in [7, 11) is 0. The Morgan fingerprint density at radius 1 is 1.36 bits per heavy atom. The number of nitrogens with zero attached hydrogens (tertiary/aromatic N) is 3. The van der Waals surface area contributed by atoms with Gasteiger partial charge in [-0.15, -0.1) is 0 Å². The number of nitriles is 1. The van der Waals surface area contributed by atoms with E-state index < -0.39 is 5.97 Å². The number of likely N-dealkylation sites (tertiary alicyclic amines) is 1. The van der Waals surface area contributed by atoms with Gasteiger partial charge in [0.25, 0.3) is 5.91 Å². The average molecular weight is 307 g/mol. The number of piperidine rings is 1. The van der Waals surface area contributed by atoms with Gasteiger partial charge in [-0.3, -0.25) is 9.59 Å². The molecular formula is C16H25N3O3. The molecule has 1 fully saturated rings. The van der Waals surface area contributed by atoms with Crippen molar-refractivity contribution in [2.24, 2.45) is 5.92 Å². The van der Waals surface area contributed by atoms with Crippen LogP contribution in [0.2, 0.25) is 0 Å². The summed E-state index contributed by atoms with van der Waals surface area (Å²) in [6.45, 7) is 9.50. The van der Waals surface area contributed by atoms with E-state index in [4.69, 9.17) is 5.11 Å². The van der Waals surface area contributed by atoms with E-state index in [-0.39, 0.29) is 22.9 Å². The zero-order chi connectivity index (χ0) is 16.9. The number of carbonyl (C=O) groups is 2. The van der Waals surface area contributed by atoms with Crippen LogP contribution in [0.5, 0.6) is 0 Å². The van der Waals surface area contributed by atoms with E-state index in [1.165, 1.54) is 0 Å². The number of carbonyl (C=O) groups excluding carboxylic acids is 1. The molecule has 0 atom stereocenters. The molecule has 0 aromatic carbocycles. The van der Waals surface area contributed by atoms with Crippen molar-refractivity contribution in [3.8, 4) is 6.07 Å². The minimum Gasteiger partial charge on any atom is -0.481 e. The molecule has 1 heterocycles. The molecule has 0 unspecified atom stereocenters.